The van der Waals surface area contributed by atoms with Crippen LogP contribution in [0.3, 0.4) is 0 Å². The van der Waals surface area contributed by atoms with Crippen molar-refractivity contribution in [3.8, 4) is 0 Å². The first kappa shape index (κ1) is 12.4. The number of benzene rings is 1. The summed E-state index contributed by atoms with van der Waals surface area (Å²) >= 11 is 0. The third-order valence-corrected chi connectivity index (χ3v) is 5.04. The zero-order valence-corrected chi connectivity index (χ0v) is 10.3. The summed E-state index contributed by atoms with van der Waals surface area (Å²) in [5.41, 5.74) is 6.64. The summed E-state index contributed by atoms with van der Waals surface area (Å²) in [4.78, 5) is 0. The molecule has 1 aromatic rings. The van der Waals surface area contributed by atoms with Crippen molar-refractivity contribution in [3.63, 3.8) is 0 Å². The van der Waals surface area contributed by atoms with Gasteiger partial charge in [-0.3, -0.25) is 0 Å². The molecule has 5 heteroatoms. The molecule has 0 atom stereocenters. The van der Waals surface area contributed by atoms with Crippen LogP contribution in [0.4, 0.5) is 10.1 Å². The number of nitrogens with two attached hydrogens (primary N) is 1. The predicted octanol–water partition coefficient (Wildman–Crippen LogP) is 1.78. The van der Waals surface area contributed by atoms with Crippen molar-refractivity contribution in [2.75, 3.05) is 17.2 Å². The number of hydrogen-bond donors (Lipinski definition) is 1. The number of hydrogen-bond acceptors (Lipinski definition) is 3. The SMILES string of the molecule is Nc1c(F)cccc1CC1CCS(=O)(=O)CC1. The van der Waals surface area contributed by atoms with Crippen LogP contribution in [0, 0.1) is 11.7 Å². The predicted molar refractivity (Wildman–Crippen MR) is 65.9 cm³/mol. The maximum absolute atomic E-state index is 13.2. The van der Waals surface area contributed by atoms with Crippen LogP contribution in [-0.2, 0) is 16.3 Å². The van der Waals surface area contributed by atoms with Gasteiger partial charge in [-0.1, -0.05) is 12.1 Å². The van der Waals surface area contributed by atoms with E-state index in [-0.39, 0.29) is 17.2 Å². The Morgan fingerprint density at radius 1 is 1.29 bits per heavy atom. The molecule has 1 saturated heterocycles. The lowest BCUT2D eigenvalue weighted by Crippen LogP contribution is -2.24. The van der Waals surface area contributed by atoms with Crippen LogP contribution in [0.15, 0.2) is 18.2 Å². The molecule has 3 nitrogen and oxygen atoms in total. The van der Waals surface area contributed by atoms with Gasteiger partial charge < -0.3 is 5.73 Å². The smallest absolute Gasteiger partial charge is 0.150 e. The van der Waals surface area contributed by atoms with E-state index in [0.717, 1.165) is 5.56 Å². The van der Waals surface area contributed by atoms with Crippen LogP contribution < -0.4 is 5.73 Å². The fraction of sp³-hybridized carbons (Fsp3) is 0.500. The minimum atomic E-state index is -2.83. The Morgan fingerprint density at radius 3 is 2.59 bits per heavy atom. The van der Waals surface area contributed by atoms with Crippen LogP contribution >= 0.6 is 0 Å². The zero-order valence-electron chi connectivity index (χ0n) is 9.52. The van der Waals surface area contributed by atoms with E-state index in [9.17, 15) is 12.8 Å². The molecule has 0 saturated carbocycles. The molecular weight excluding hydrogens is 241 g/mol. The van der Waals surface area contributed by atoms with E-state index in [1.165, 1.54) is 6.07 Å². The molecule has 1 fully saturated rings. The van der Waals surface area contributed by atoms with Crippen molar-refractivity contribution >= 4 is 15.5 Å². The Bertz CT molecular complexity index is 499. The molecular formula is C12H16FNO2S. The highest BCUT2D eigenvalue weighted by Gasteiger charge is 2.24. The van der Waals surface area contributed by atoms with Gasteiger partial charge in [0.1, 0.15) is 15.7 Å². The molecule has 0 aliphatic carbocycles. The highest BCUT2D eigenvalue weighted by Crippen LogP contribution is 2.26. The molecule has 0 aromatic heterocycles. The minimum Gasteiger partial charge on any atom is -0.396 e. The van der Waals surface area contributed by atoms with Crippen LogP contribution in [0.25, 0.3) is 0 Å². The number of nitrogen functional groups attached to an aromatic ring is 1. The summed E-state index contributed by atoms with van der Waals surface area (Å²) in [6.45, 7) is 0. The van der Waals surface area contributed by atoms with Crippen molar-refractivity contribution < 1.29 is 12.8 Å². The van der Waals surface area contributed by atoms with Gasteiger partial charge in [-0.15, -0.1) is 0 Å². The summed E-state index contributed by atoms with van der Waals surface area (Å²) < 4.78 is 35.8. The Morgan fingerprint density at radius 2 is 1.94 bits per heavy atom. The maximum Gasteiger partial charge on any atom is 0.150 e. The lowest BCUT2D eigenvalue weighted by atomic mass is 9.93. The molecule has 0 unspecified atom stereocenters. The number of anilines is 1. The second-order valence-corrected chi connectivity index (χ2v) is 6.92. The molecule has 1 aliphatic heterocycles. The second kappa shape index (κ2) is 4.64. The summed E-state index contributed by atoms with van der Waals surface area (Å²) in [6.07, 6.45) is 1.97. The van der Waals surface area contributed by atoms with Gasteiger partial charge >= 0.3 is 0 Å². The molecule has 1 heterocycles. The normalized spacial score (nSPS) is 20.3. The van der Waals surface area contributed by atoms with E-state index in [1.807, 2.05) is 6.07 Å². The van der Waals surface area contributed by atoms with Crippen molar-refractivity contribution in [3.05, 3.63) is 29.6 Å². The fourth-order valence-electron chi connectivity index (χ4n) is 2.21. The molecule has 94 valence electrons. The van der Waals surface area contributed by atoms with E-state index >= 15 is 0 Å². The molecule has 1 aromatic carbocycles. The van der Waals surface area contributed by atoms with Gasteiger partial charge in [-0.25, -0.2) is 12.8 Å². The van der Waals surface area contributed by atoms with Crippen LogP contribution in [0.1, 0.15) is 18.4 Å². The van der Waals surface area contributed by atoms with Crippen LogP contribution in [0.5, 0.6) is 0 Å². The number of halogens is 1. The van der Waals surface area contributed by atoms with Gasteiger partial charge in [0.15, 0.2) is 0 Å². The van der Waals surface area contributed by atoms with Gasteiger partial charge in [0.25, 0.3) is 0 Å². The van der Waals surface area contributed by atoms with Crippen LogP contribution in [0.2, 0.25) is 0 Å². The molecule has 0 bridgehead atoms. The van der Waals surface area contributed by atoms with Crippen molar-refractivity contribution in [2.45, 2.75) is 19.3 Å². The number of sulfone groups is 1. The summed E-state index contributed by atoms with van der Waals surface area (Å²) in [6, 6.07) is 4.78. The van der Waals surface area contributed by atoms with Gasteiger partial charge in [0.2, 0.25) is 0 Å². The molecule has 17 heavy (non-hydrogen) atoms. The zero-order chi connectivity index (χ0) is 12.5. The van der Waals surface area contributed by atoms with Crippen LogP contribution in [-0.4, -0.2) is 19.9 Å². The topological polar surface area (TPSA) is 60.2 Å². The Labute approximate surface area is 101 Å². The maximum atomic E-state index is 13.2. The van der Waals surface area contributed by atoms with Gasteiger partial charge in [-0.05, 0) is 36.8 Å². The fourth-order valence-corrected chi connectivity index (χ4v) is 3.80. The van der Waals surface area contributed by atoms with Crippen molar-refractivity contribution in [2.24, 2.45) is 5.92 Å². The third kappa shape index (κ3) is 2.97. The molecule has 0 radical (unpaired) electrons. The first-order chi connectivity index (χ1) is 7.98. The third-order valence-electron chi connectivity index (χ3n) is 3.33. The average Bonchev–Trinajstić information content (AvgIpc) is 2.27. The van der Waals surface area contributed by atoms with E-state index in [4.69, 9.17) is 5.73 Å². The molecule has 1 aliphatic rings. The number of para-hydroxylation sites is 1. The Kier molecular flexibility index (Phi) is 3.38. The summed E-state index contributed by atoms with van der Waals surface area (Å²) in [5, 5.41) is 0. The molecule has 0 spiro atoms. The standard InChI is InChI=1S/C12H16FNO2S/c13-11-3-1-2-10(12(11)14)8-9-4-6-17(15,16)7-5-9/h1-3,9H,4-8,14H2. The average molecular weight is 257 g/mol. The highest BCUT2D eigenvalue weighted by molar-refractivity contribution is 7.91. The monoisotopic (exact) mass is 257 g/mol. The molecule has 2 N–H and O–H groups in total. The summed E-state index contributed by atoms with van der Waals surface area (Å²) in [7, 11) is -2.83. The first-order valence-corrected chi connectivity index (χ1v) is 7.53. The van der Waals surface area contributed by atoms with E-state index in [1.54, 1.807) is 6.07 Å². The Hall–Kier alpha value is -1.10. The number of rotatable bonds is 2. The van der Waals surface area contributed by atoms with E-state index < -0.39 is 15.7 Å². The molecule has 0 amide bonds. The quantitative estimate of drug-likeness (QED) is 0.821. The lowest BCUT2D eigenvalue weighted by molar-refractivity contribution is 0.462. The van der Waals surface area contributed by atoms with E-state index in [0.29, 0.717) is 25.2 Å². The molecule has 2 rings (SSSR count). The Balaban J connectivity index is 2.05. The first-order valence-electron chi connectivity index (χ1n) is 5.71. The second-order valence-electron chi connectivity index (χ2n) is 4.61. The largest absolute Gasteiger partial charge is 0.396 e. The minimum absolute atomic E-state index is 0.195. The van der Waals surface area contributed by atoms with Gasteiger partial charge in [0, 0.05) is 0 Å². The van der Waals surface area contributed by atoms with Gasteiger partial charge in [-0.2, -0.15) is 0 Å². The van der Waals surface area contributed by atoms with Crippen molar-refractivity contribution in [1.29, 1.82) is 0 Å². The lowest BCUT2D eigenvalue weighted by Gasteiger charge is -2.22. The van der Waals surface area contributed by atoms with Gasteiger partial charge in [0.05, 0.1) is 17.2 Å². The highest BCUT2D eigenvalue weighted by atomic mass is 32.2. The van der Waals surface area contributed by atoms with Crippen molar-refractivity contribution in [1.82, 2.24) is 0 Å². The summed E-state index contributed by atoms with van der Waals surface area (Å²) in [5.74, 6) is 0.383. The van der Waals surface area contributed by atoms with E-state index in [2.05, 4.69) is 0 Å².